The smallest absolute Gasteiger partial charge is 0.0418 e. The van der Waals surface area contributed by atoms with Crippen molar-refractivity contribution in [2.24, 2.45) is 0 Å². The Bertz CT molecular complexity index is 97.1. The van der Waals surface area contributed by atoms with E-state index in [-0.39, 0.29) is 29.6 Å². The Hall–Kier alpha value is -0.0600. The Morgan fingerprint density at radius 1 is 1.00 bits per heavy atom. The molecule has 0 aliphatic heterocycles. The second kappa shape index (κ2) is 6.07. The van der Waals surface area contributed by atoms with Gasteiger partial charge in [0.25, 0.3) is 0 Å². The average molecular weight is 139 g/mol. The third kappa shape index (κ3) is 11.5. The third-order valence-corrected chi connectivity index (χ3v) is 0.533. The maximum Gasteiger partial charge on any atom is 0.0418 e. The van der Waals surface area contributed by atoms with Crippen molar-refractivity contribution in [1.82, 2.24) is 0 Å². The minimum Gasteiger partial charge on any atom is -0.550 e. The molecule has 0 fully saturated rings. The van der Waals surface area contributed by atoms with Crippen LogP contribution in [0, 0.1) is 0 Å². The zero-order chi connectivity index (χ0) is 6.57. The second-order valence-corrected chi connectivity index (χ2v) is 1.24. The fraction of sp³-hybridized carbons (Fsp3) is 0.500. The minimum atomic E-state index is -1.37. The normalized spacial score (nSPS) is 7.56. The zero-order valence-electron chi connectivity index (χ0n) is 5.05. The summed E-state index contributed by atoms with van der Waals surface area (Å²) in [5, 5.41) is 19.0. The molecular formula is C4H4NaO4-2. The van der Waals surface area contributed by atoms with Crippen LogP contribution in [-0.4, -0.2) is 41.5 Å². The quantitative estimate of drug-likeness (QED) is 0.387. The van der Waals surface area contributed by atoms with Crippen LogP contribution in [0.25, 0.3) is 0 Å². The summed E-state index contributed by atoms with van der Waals surface area (Å²) in [6.07, 6.45) is -0.940. The number of carboxylic acids is 2. The fourth-order valence-corrected chi connectivity index (χ4v) is 0.204. The van der Waals surface area contributed by atoms with Gasteiger partial charge in [-0.1, -0.05) is 0 Å². The van der Waals surface area contributed by atoms with Gasteiger partial charge in [0, 0.05) is 41.5 Å². The average Bonchev–Trinajstić information content (AvgIpc) is 1.61. The molecular weight excluding hydrogens is 135 g/mol. The van der Waals surface area contributed by atoms with Gasteiger partial charge >= 0.3 is 0 Å². The van der Waals surface area contributed by atoms with Gasteiger partial charge < -0.3 is 19.8 Å². The van der Waals surface area contributed by atoms with Gasteiger partial charge in [-0.3, -0.25) is 0 Å². The van der Waals surface area contributed by atoms with E-state index in [4.69, 9.17) is 0 Å². The van der Waals surface area contributed by atoms with E-state index in [2.05, 4.69) is 0 Å². The second-order valence-electron chi connectivity index (χ2n) is 1.24. The first kappa shape index (κ1) is 11.7. The molecule has 0 saturated carbocycles. The molecule has 9 heavy (non-hydrogen) atoms. The van der Waals surface area contributed by atoms with Crippen molar-refractivity contribution < 1.29 is 19.8 Å². The van der Waals surface area contributed by atoms with Crippen molar-refractivity contribution in [1.29, 1.82) is 0 Å². The number of carbonyl (C=O) groups is 2. The summed E-state index contributed by atoms with van der Waals surface area (Å²) in [5.41, 5.74) is 0. The van der Waals surface area contributed by atoms with E-state index in [1.54, 1.807) is 0 Å². The summed E-state index contributed by atoms with van der Waals surface area (Å²) >= 11 is 0. The molecule has 1 radical (unpaired) electrons. The van der Waals surface area contributed by atoms with Gasteiger partial charge in [-0.2, -0.15) is 0 Å². The topological polar surface area (TPSA) is 80.3 Å². The van der Waals surface area contributed by atoms with E-state index < -0.39 is 24.8 Å². The fourth-order valence-electron chi connectivity index (χ4n) is 0.204. The summed E-state index contributed by atoms with van der Waals surface area (Å²) in [4.78, 5) is 19.0. The van der Waals surface area contributed by atoms with Crippen LogP contribution in [0.5, 0.6) is 0 Å². The van der Waals surface area contributed by atoms with Crippen molar-refractivity contribution >= 4 is 41.5 Å². The Kier molecular flexibility index (Phi) is 7.89. The van der Waals surface area contributed by atoms with Crippen molar-refractivity contribution in [2.45, 2.75) is 12.8 Å². The van der Waals surface area contributed by atoms with E-state index in [0.29, 0.717) is 0 Å². The largest absolute Gasteiger partial charge is 0.550 e. The Morgan fingerprint density at radius 3 is 1.33 bits per heavy atom. The van der Waals surface area contributed by atoms with Crippen LogP contribution in [0.15, 0.2) is 0 Å². The molecule has 0 aromatic heterocycles. The summed E-state index contributed by atoms with van der Waals surface area (Å²) in [5.74, 6) is -2.73. The molecule has 0 heterocycles. The van der Waals surface area contributed by atoms with Crippen molar-refractivity contribution in [3.05, 3.63) is 0 Å². The van der Waals surface area contributed by atoms with Crippen LogP contribution in [0.2, 0.25) is 0 Å². The molecule has 0 aromatic carbocycles. The molecule has 0 rings (SSSR count). The Balaban J connectivity index is 0. The predicted molar refractivity (Wildman–Crippen MR) is 25.0 cm³/mol. The zero-order valence-corrected chi connectivity index (χ0v) is 7.05. The van der Waals surface area contributed by atoms with E-state index in [9.17, 15) is 19.8 Å². The maximum absolute atomic E-state index is 9.50. The van der Waals surface area contributed by atoms with E-state index >= 15 is 0 Å². The number of carbonyl (C=O) groups excluding carboxylic acids is 2. The first-order valence-corrected chi connectivity index (χ1v) is 2.02. The van der Waals surface area contributed by atoms with Gasteiger partial charge in [0.1, 0.15) is 0 Å². The Morgan fingerprint density at radius 2 is 1.22 bits per heavy atom. The van der Waals surface area contributed by atoms with E-state index in [1.165, 1.54) is 0 Å². The predicted octanol–water partition coefficient (Wildman–Crippen LogP) is -3.11. The van der Waals surface area contributed by atoms with Crippen LogP contribution in [0.1, 0.15) is 12.8 Å². The molecule has 0 N–H and O–H groups in total. The number of hydrogen-bond acceptors (Lipinski definition) is 4. The van der Waals surface area contributed by atoms with Crippen molar-refractivity contribution in [3.63, 3.8) is 0 Å². The van der Waals surface area contributed by atoms with Gasteiger partial charge in [0.05, 0.1) is 0 Å². The van der Waals surface area contributed by atoms with Gasteiger partial charge in [-0.15, -0.1) is 0 Å². The van der Waals surface area contributed by atoms with Gasteiger partial charge in [-0.25, -0.2) is 0 Å². The number of aliphatic carboxylic acids is 2. The molecule has 0 aliphatic rings. The minimum absolute atomic E-state index is 0. The molecule has 0 unspecified atom stereocenters. The molecule has 0 aromatic rings. The van der Waals surface area contributed by atoms with Gasteiger partial charge in [0.15, 0.2) is 0 Å². The summed E-state index contributed by atoms with van der Waals surface area (Å²) in [6, 6.07) is 0. The van der Waals surface area contributed by atoms with Crippen LogP contribution < -0.4 is 10.2 Å². The van der Waals surface area contributed by atoms with Crippen LogP contribution in [-0.2, 0) is 9.59 Å². The van der Waals surface area contributed by atoms with E-state index in [0.717, 1.165) is 0 Å². The molecule has 47 valence electrons. The molecule has 0 atom stereocenters. The van der Waals surface area contributed by atoms with Crippen LogP contribution in [0.4, 0.5) is 0 Å². The molecule has 4 nitrogen and oxygen atoms in total. The molecule has 0 saturated heterocycles. The van der Waals surface area contributed by atoms with Crippen LogP contribution >= 0.6 is 0 Å². The molecule has 5 heteroatoms. The Labute approximate surface area is 74.2 Å². The first-order chi connectivity index (χ1) is 3.63. The SMILES string of the molecule is O=C([O-])CCC(=O)[O-].[Na]. The van der Waals surface area contributed by atoms with Crippen molar-refractivity contribution in [3.8, 4) is 0 Å². The molecule has 0 spiro atoms. The molecule has 0 amide bonds. The third-order valence-electron chi connectivity index (χ3n) is 0.533. The van der Waals surface area contributed by atoms with Crippen molar-refractivity contribution in [2.75, 3.05) is 0 Å². The molecule has 0 bridgehead atoms. The summed E-state index contributed by atoms with van der Waals surface area (Å²) in [7, 11) is 0. The first-order valence-electron chi connectivity index (χ1n) is 2.02. The number of carboxylic acid groups (broad SMARTS) is 2. The molecule has 0 aliphatic carbocycles. The van der Waals surface area contributed by atoms with Crippen LogP contribution in [0.3, 0.4) is 0 Å². The monoisotopic (exact) mass is 139 g/mol. The maximum atomic E-state index is 9.50. The summed E-state index contributed by atoms with van der Waals surface area (Å²) in [6.45, 7) is 0. The number of rotatable bonds is 3. The van der Waals surface area contributed by atoms with E-state index in [1.807, 2.05) is 0 Å². The standard InChI is InChI=1S/C4H6O4.Na/c5-3(6)1-2-4(7)8;/h1-2H2,(H,5,6)(H,7,8);/p-2. The van der Waals surface area contributed by atoms with Gasteiger partial charge in [0.2, 0.25) is 0 Å². The summed E-state index contributed by atoms with van der Waals surface area (Å²) < 4.78 is 0. The van der Waals surface area contributed by atoms with Gasteiger partial charge in [-0.05, 0) is 12.8 Å². The number of hydrogen-bond donors (Lipinski definition) is 0.